The summed E-state index contributed by atoms with van der Waals surface area (Å²) in [5.41, 5.74) is 1.55. The van der Waals surface area contributed by atoms with Gasteiger partial charge in [0.25, 0.3) is 5.91 Å². The second kappa shape index (κ2) is 9.11. The largest absolute Gasteiger partial charge is 0.494 e. The minimum absolute atomic E-state index is 0.0274. The number of nitrogens with zero attached hydrogens (tertiary/aromatic N) is 4. The van der Waals surface area contributed by atoms with E-state index in [4.69, 9.17) is 20.8 Å². The van der Waals surface area contributed by atoms with Crippen molar-refractivity contribution in [1.29, 1.82) is 5.26 Å². The van der Waals surface area contributed by atoms with Crippen molar-refractivity contribution in [2.75, 3.05) is 37.7 Å². The number of hydrogen-bond acceptors (Lipinski definition) is 6. The molecule has 1 fully saturated rings. The van der Waals surface area contributed by atoms with Gasteiger partial charge in [0.05, 0.1) is 6.61 Å². The molecule has 2 heterocycles. The molecular formula is C23H21ClN4O3. The second-order valence-corrected chi connectivity index (χ2v) is 7.47. The summed E-state index contributed by atoms with van der Waals surface area (Å²) in [6.45, 7) is 4.63. The number of aromatic nitrogens is 1. The highest BCUT2D eigenvalue weighted by molar-refractivity contribution is 6.30. The van der Waals surface area contributed by atoms with Gasteiger partial charge in [-0.2, -0.15) is 10.2 Å². The Kier molecular flexibility index (Phi) is 6.10. The number of carbonyl (C=O) groups is 1. The topological polar surface area (TPSA) is 82.6 Å². The Hall–Kier alpha value is -3.50. The number of ether oxygens (including phenoxy) is 1. The Morgan fingerprint density at radius 1 is 1.19 bits per heavy atom. The van der Waals surface area contributed by atoms with E-state index in [1.54, 1.807) is 47.4 Å². The number of nitriles is 1. The van der Waals surface area contributed by atoms with Crippen LogP contribution in [0.3, 0.4) is 0 Å². The van der Waals surface area contributed by atoms with Gasteiger partial charge in [0.2, 0.25) is 17.5 Å². The Morgan fingerprint density at radius 3 is 2.58 bits per heavy atom. The van der Waals surface area contributed by atoms with E-state index in [1.807, 2.05) is 17.9 Å². The van der Waals surface area contributed by atoms with Crippen LogP contribution in [0.2, 0.25) is 5.02 Å². The molecule has 7 nitrogen and oxygen atoms in total. The molecule has 1 aliphatic heterocycles. The minimum atomic E-state index is -0.0274. The third-order valence-electron chi connectivity index (χ3n) is 5.05. The molecule has 1 amide bonds. The van der Waals surface area contributed by atoms with Crippen LogP contribution in [0.1, 0.15) is 23.0 Å². The van der Waals surface area contributed by atoms with Crippen LogP contribution in [-0.4, -0.2) is 48.6 Å². The van der Waals surface area contributed by atoms with E-state index < -0.39 is 0 Å². The summed E-state index contributed by atoms with van der Waals surface area (Å²) in [4.78, 5) is 20.9. The molecule has 1 aliphatic rings. The monoisotopic (exact) mass is 436 g/mol. The van der Waals surface area contributed by atoms with Crippen LogP contribution in [0.25, 0.3) is 11.5 Å². The third-order valence-corrected chi connectivity index (χ3v) is 5.29. The molecule has 0 saturated carbocycles. The average molecular weight is 437 g/mol. The summed E-state index contributed by atoms with van der Waals surface area (Å²) >= 11 is 6.06. The summed E-state index contributed by atoms with van der Waals surface area (Å²) in [6, 6.07) is 16.4. The maximum atomic E-state index is 12.8. The maximum absolute atomic E-state index is 12.8. The van der Waals surface area contributed by atoms with Crippen molar-refractivity contribution in [3.05, 3.63) is 64.8 Å². The molecule has 0 radical (unpaired) electrons. The maximum Gasteiger partial charge on any atom is 0.253 e. The number of carbonyl (C=O) groups excluding carboxylic acids is 1. The first kappa shape index (κ1) is 20.8. The zero-order chi connectivity index (χ0) is 21.8. The molecule has 0 aliphatic carbocycles. The number of hydrogen-bond donors (Lipinski definition) is 0. The smallest absolute Gasteiger partial charge is 0.253 e. The molecule has 1 aromatic heterocycles. The van der Waals surface area contributed by atoms with Gasteiger partial charge in [-0.3, -0.25) is 4.79 Å². The van der Waals surface area contributed by atoms with Crippen molar-refractivity contribution in [3.63, 3.8) is 0 Å². The number of anilines is 1. The number of amides is 1. The molecule has 0 atom stereocenters. The molecule has 0 N–H and O–H groups in total. The van der Waals surface area contributed by atoms with Gasteiger partial charge >= 0.3 is 0 Å². The Morgan fingerprint density at radius 2 is 1.94 bits per heavy atom. The zero-order valence-electron chi connectivity index (χ0n) is 17.0. The summed E-state index contributed by atoms with van der Waals surface area (Å²) in [5, 5.41) is 10.1. The van der Waals surface area contributed by atoms with Gasteiger partial charge in [-0.25, -0.2) is 0 Å². The second-order valence-electron chi connectivity index (χ2n) is 7.03. The highest BCUT2D eigenvalue weighted by atomic mass is 35.5. The number of halogens is 1. The summed E-state index contributed by atoms with van der Waals surface area (Å²) in [7, 11) is 0. The highest BCUT2D eigenvalue weighted by Gasteiger charge is 2.27. The van der Waals surface area contributed by atoms with E-state index in [0.717, 1.165) is 5.75 Å². The quantitative estimate of drug-likeness (QED) is 0.595. The SMILES string of the molecule is CCOc1ccc(C(=O)N2CCN(c3oc(-c4cccc(Cl)c4)nc3C#N)CC2)cc1. The molecule has 1 saturated heterocycles. The highest BCUT2D eigenvalue weighted by Crippen LogP contribution is 2.30. The van der Waals surface area contributed by atoms with E-state index >= 15 is 0 Å². The van der Waals surface area contributed by atoms with Crippen LogP contribution in [0.15, 0.2) is 52.9 Å². The number of piperazine rings is 1. The van der Waals surface area contributed by atoms with Crippen molar-refractivity contribution >= 4 is 23.4 Å². The Labute approximate surface area is 185 Å². The van der Waals surface area contributed by atoms with Crippen LogP contribution in [-0.2, 0) is 0 Å². The van der Waals surface area contributed by atoms with E-state index in [-0.39, 0.29) is 11.6 Å². The van der Waals surface area contributed by atoms with Gasteiger partial charge in [-0.15, -0.1) is 0 Å². The molecule has 3 aromatic rings. The van der Waals surface area contributed by atoms with Crippen LogP contribution >= 0.6 is 11.6 Å². The zero-order valence-corrected chi connectivity index (χ0v) is 17.8. The predicted molar refractivity (Wildman–Crippen MR) is 117 cm³/mol. The van der Waals surface area contributed by atoms with Crippen molar-refractivity contribution in [2.45, 2.75) is 6.92 Å². The van der Waals surface area contributed by atoms with E-state index in [1.165, 1.54) is 0 Å². The third kappa shape index (κ3) is 4.49. The van der Waals surface area contributed by atoms with E-state index in [0.29, 0.717) is 60.7 Å². The van der Waals surface area contributed by atoms with Gasteiger partial charge in [-0.1, -0.05) is 17.7 Å². The van der Waals surface area contributed by atoms with E-state index in [9.17, 15) is 10.1 Å². The molecule has 31 heavy (non-hydrogen) atoms. The fourth-order valence-electron chi connectivity index (χ4n) is 3.50. The van der Waals surface area contributed by atoms with Crippen molar-refractivity contribution in [3.8, 4) is 23.3 Å². The lowest BCUT2D eigenvalue weighted by atomic mass is 10.1. The van der Waals surface area contributed by atoms with Gasteiger partial charge in [0.15, 0.2) is 0 Å². The Balaban J connectivity index is 1.45. The lowest BCUT2D eigenvalue weighted by Crippen LogP contribution is -2.48. The normalized spacial score (nSPS) is 13.7. The van der Waals surface area contributed by atoms with E-state index in [2.05, 4.69) is 11.1 Å². The molecule has 8 heteroatoms. The van der Waals surface area contributed by atoms with Gasteiger partial charge in [0, 0.05) is 42.3 Å². The predicted octanol–water partition coefficient (Wildman–Crippen LogP) is 4.23. The summed E-state index contributed by atoms with van der Waals surface area (Å²) < 4.78 is 11.3. The summed E-state index contributed by atoms with van der Waals surface area (Å²) in [6.07, 6.45) is 0. The van der Waals surface area contributed by atoms with Gasteiger partial charge in [-0.05, 0) is 49.4 Å². The van der Waals surface area contributed by atoms with Crippen LogP contribution in [0.4, 0.5) is 5.88 Å². The molecule has 2 aromatic carbocycles. The van der Waals surface area contributed by atoms with Crippen molar-refractivity contribution in [1.82, 2.24) is 9.88 Å². The lowest BCUT2D eigenvalue weighted by Gasteiger charge is -2.34. The first-order valence-corrected chi connectivity index (χ1v) is 10.4. The molecule has 4 rings (SSSR count). The lowest BCUT2D eigenvalue weighted by molar-refractivity contribution is 0.0745. The average Bonchev–Trinajstić information content (AvgIpc) is 3.24. The molecular weight excluding hydrogens is 416 g/mol. The number of benzene rings is 2. The van der Waals surface area contributed by atoms with Crippen molar-refractivity contribution in [2.24, 2.45) is 0 Å². The fourth-order valence-corrected chi connectivity index (χ4v) is 3.69. The molecule has 158 valence electrons. The van der Waals surface area contributed by atoms with Gasteiger partial charge in [0.1, 0.15) is 11.8 Å². The van der Waals surface area contributed by atoms with Crippen LogP contribution in [0, 0.1) is 11.3 Å². The standard InChI is InChI=1S/C23H21ClN4O3/c1-2-30-19-8-6-16(7-9-19)22(29)27-10-12-28(13-11-27)23-20(15-25)26-21(31-23)17-4-3-5-18(24)14-17/h3-9,14H,2,10-13H2,1H3. The number of oxazole rings is 1. The molecule has 0 unspecified atom stereocenters. The van der Waals surface area contributed by atoms with Crippen molar-refractivity contribution < 1.29 is 13.9 Å². The summed E-state index contributed by atoms with van der Waals surface area (Å²) in [5.74, 6) is 1.49. The van der Waals surface area contributed by atoms with Gasteiger partial charge < -0.3 is 19.0 Å². The number of rotatable bonds is 5. The van der Waals surface area contributed by atoms with Crippen LogP contribution in [0.5, 0.6) is 5.75 Å². The minimum Gasteiger partial charge on any atom is -0.494 e. The fraction of sp³-hybridized carbons (Fsp3) is 0.261. The first-order valence-electron chi connectivity index (χ1n) is 10.0. The molecule has 0 spiro atoms. The first-order chi connectivity index (χ1) is 15.1. The van der Waals surface area contributed by atoms with Crippen LogP contribution < -0.4 is 9.64 Å². The Bertz CT molecular complexity index is 1110. The molecule has 0 bridgehead atoms.